The van der Waals surface area contributed by atoms with Gasteiger partial charge in [-0.15, -0.1) is 11.8 Å². The average Bonchev–Trinajstić information content (AvgIpc) is 3.10. The molecule has 1 aromatic carbocycles. The second-order valence-corrected chi connectivity index (χ2v) is 5.65. The number of hydrogen-bond acceptors (Lipinski definition) is 3. The van der Waals surface area contributed by atoms with Gasteiger partial charge in [-0.2, -0.15) is 0 Å². The molecular weight excluding hydrogens is 218 g/mol. The Kier molecular flexibility index (Phi) is 3.77. The Morgan fingerprint density at radius 1 is 1.44 bits per heavy atom. The van der Waals surface area contributed by atoms with E-state index >= 15 is 0 Å². The molecule has 0 aromatic heterocycles. The topological polar surface area (TPSA) is 35.2 Å². The summed E-state index contributed by atoms with van der Waals surface area (Å²) in [6.07, 6.45) is 3.88. The molecule has 88 valence electrons. The van der Waals surface area contributed by atoms with Gasteiger partial charge in [-0.3, -0.25) is 0 Å². The maximum Gasteiger partial charge on any atom is 0.119 e. The van der Waals surface area contributed by atoms with Gasteiger partial charge in [0.25, 0.3) is 0 Å². The van der Waals surface area contributed by atoms with Gasteiger partial charge in [-0.1, -0.05) is 6.07 Å². The predicted octanol–water partition coefficient (Wildman–Crippen LogP) is 2.92. The van der Waals surface area contributed by atoms with Gasteiger partial charge in [0, 0.05) is 4.90 Å². The first kappa shape index (κ1) is 11.8. The van der Waals surface area contributed by atoms with Crippen molar-refractivity contribution in [3.8, 4) is 5.75 Å². The lowest BCUT2D eigenvalue weighted by Gasteiger charge is -2.11. The van der Waals surface area contributed by atoms with Crippen LogP contribution in [0.3, 0.4) is 0 Å². The molecule has 0 unspecified atom stereocenters. The van der Waals surface area contributed by atoms with Gasteiger partial charge in [0.2, 0.25) is 0 Å². The van der Waals surface area contributed by atoms with Crippen molar-refractivity contribution in [3.63, 3.8) is 0 Å². The quantitative estimate of drug-likeness (QED) is 0.773. The monoisotopic (exact) mass is 237 g/mol. The van der Waals surface area contributed by atoms with Crippen LogP contribution in [0.2, 0.25) is 0 Å². The number of methoxy groups -OCH3 is 1. The van der Waals surface area contributed by atoms with E-state index in [0.717, 1.165) is 18.0 Å². The SMILES string of the molecule is COc1cccc(SCCC2(CN)CC2)c1. The fourth-order valence-electron chi connectivity index (χ4n) is 1.81. The molecule has 2 rings (SSSR count). The Morgan fingerprint density at radius 3 is 2.88 bits per heavy atom. The van der Waals surface area contributed by atoms with E-state index in [4.69, 9.17) is 10.5 Å². The molecule has 0 amide bonds. The Hall–Kier alpha value is -0.670. The Balaban J connectivity index is 1.80. The van der Waals surface area contributed by atoms with E-state index in [1.54, 1.807) is 7.11 Å². The summed E-state index contributed by atoms with van der Waals surface area (Å²) in [7, 11) is 1.71. The van der Waals surface area contributed by atoms with Crippen LogP contribution in [-0.4, -0.2) is 19.4 Å². The van der Waals surface area contributed by atoms with Gasteiger partial charge in [0.1, 0.15) is 5.75 Å². The van der Waals surface area contributed by atoms with E-state index in [1.807, 2.05) is 23.9 Å². The molecule has 16 heavy (non-hydrogen) atoms. The molecule has 1 aromatic rings. The molecule has 0 bridgehead atoms. The number of thioether (sulfide) groups is 1. The minimum Gasteiger partial charge on any atom is -0.497 e. The summed E-state index contributed by atoms with van der Waals surface area (Å²) in [6.45, 7) is 0.853. The Bertz CT molecular complexity index is 350. The number of rotatable bonds is 6. The largest absolute Gasteiger partial charge is 0.497 e. The predicted molar refractivity (Wildman–Crippen MR) is 69.1 cm³/mol. The third-order valence-corrected chi connectivity index (χ3v) is 4.33. The molecule has 0 spiro atoms. The minimum absolute atomic E-state index is 0.492. The molecule has 2 nitrogen and oxygen atoms in total. The molecule has 0 saturated heterocycles. The zero-order valence-corrected chi connectivity index (χ0v) is 10.6. The highest BCUT2D eigenvalue weighted by Crippen LogP contribution is 2.48. The van der Waals surface area contributed by atoms with E-state index in [0.29, 0.717) is 5.41 Å². The van der Waals surface area contributed by atoms with Crippen molar-refractivity contribution in [1.29, 1.82) is 0 Å². The number of hydrogen-bond donors (Lipinski definition) is 1. The first-order valence-corrected chi connectivity index (χ1v) is 6.73. The molecule has 0 radical (unpaired) electrons. The van der Waals surface area contributed by atoms with Crippen LogP contribution in [0, 0.1) is 5.41 Å². The van der Waals surface area contributed by atoms with Crippen LogP contribution in [0.15, 0.2) is 29.2 Å². The van der Waals surface area contributed by atoms with Gasteiger partial charge in [-0.05, 0) is 55.2 Å². The van der Waals surface area contributed by atoms with Gasteiger partial charge < -0.3 is 10.5 Å². The lowest BCUT2D eigenvalue weighted by Crippen LogP contribution is -2.15. The standard InChI is InChI=1S/C13H19NOS/c1-15-11-3-2-4-12(9-11)16-8-7-13(10-14)5-6-13/h2-4,9H,5-8,10,14H2,1H3. The molecule has 2 N–H and O–H groups in total. The Morgan fingerprint density at radius 2 is 2.25 bits per heavy atom. The summed E-state index contributed by atoms with van der Waals surface area (Å²) in [5.41, 5.74) is 6.26. The van der Waals surface area contributed by atoms with Gasteiger partial charge in [0.05, 0.1) is 7.11 Å². The zero-order chi connectivity index (χ0) is 11.4. The average molecular weight is 237 g/mol. The van der Waals surface area contributed by atoms with Crippen LogP contribution >= 0.6 is 11.8 Å². The summed E-state index contributed by atoms with van der Waals surface area (Å²) in [6, 6.07) is 8.24. The van der Waals surface area contributed by atoms with Crippen LogP contribution < -0.4 is 10.5 Å². The number of benzene rings is 1. The summed E-state index contributed by atoms with van der Waals surface area (Å²) in [5.74, 6) is 2.09. The summed E-state index contributed by atoms with van der Waals surface area (Å²) in [4.78, 5) is 1.28. The van der Waals surface area contributed by atoms with E-state index in [9.17, 15) is 0 Å². The molecule has 0 aliphatic heterocycles. The molecule has 1 saturated carbocycles. The van der Waals surface area contributed by atoms with Crippen molar-refractivity contribution in [3.05, 3.63) is 24.3 Å². The second-order valence-electron chi connectivity index (χ2n) is 4.48. The molecule has 3 heteroatoms. The molecule has 1 aliphatic rings. The van der Waals surface area contributed by atoms with Crippen molar-refractivity contribution in [2.24, 2.45) is 11.1 Å². The molecule has 1 fully saturated rings. The maximum atomic E-state index is 5.76. The maximum absolute atomic E-state index is 5.76. The summed E-state index contributed by atoms with van der Waals surface area (Å²) < 4.78 is 5.20. The number of nitrogens with two attached hydrogens (primary N) is 1. The highest BCUT2D eigenvalue weighted by Gasteiger charge is 2.40. The second kappa shape index (κ2) is 5.11. The third kappa shape index (κ3) is 2.92. The third-order valence-electron chi connectivity index (χ3n) is 3.33. The molecule has 0 atom stereocenters. The molecule has 0 heterocycles. The van der Waals surface area contributed by atoms with E-state index in [-0.39, 0.29) is 0 Å². The van der Waals surface area contributed by atoms with Crippen LogP contribution in [0.1, 0.15) is 19.3 Å². The van der Waals surface area contributed by atoms with E-state index in [1.165, 1.54) is 24.2 Å². The smallest absolute Gasteiger partial charge is 0.119 e. The van der Waals surface area contributed by atoms with Crippen molar-refractivity contribution in [1.82, 2.24) is 0 Å². The summed E-state index contributed by atoms with van der Waals surface area (Å²) in [5, 5.41) is 0. The van der Waals surface area contributed by atoms with Crippen molar-refractivity contribution >= 4 is 11.8 Å². The lowest BCUT2D eigenvalue weighted by molar-refractivity contribution is 0.413. The van der Waals surface area contributed by atoms with E-state index in [2.05, 4.69) is 12.1 Å². The highest BCUT2D eigenvalue weighted by molar-refractivity contribution is 7.99. The summed E-state index contributed by atoms with van der Waals surface area (Å²) >= 11 is 1.90. The van der Waals surface area contributed by atoms with Crippen molar-refractivity contribution < 1.29 is 4.74 Å². The van der Waals surface area contributed by atoms with Crippen LogP contribution in [0.4, 0.5) is 0 Å². The molecular formula is C13H19NOS. The van der Waals surface area contributed by atoms with Crippen LogP contribution in [-0.2, 0) is 0 Å². The van der Waals surface area contributed by atoms with Crippen molar-refractivity contribution in [2.45, 2.75) is 24.2 Å². The first-order valence-electron chi connectivity index (χ1n) is 5.75. The fraction of sp³-hybridized carbons (Fsp3) is 0.538. The van der Waals surface area contributed by atoms with Crippen molar-refractivity contribution in [2.75, 3.05) is 19.4 Å². The zero-order valence-electron chi connectivity index (χ0n) is 9.74. The van der Waals surface area contributed by atoms with Gasteiger partial charge in [0.15, 0.2) is 0 Å². The normalized spacial score (nSPS) is 17.1. The Labute approximate surface area is 102 Å². The van der Waals surface area contributed by atoms with Crippen LogP contribution in [0.25, 0.3) is 0 Å². The first-order chi connectivity index (χ1) is 7.78. The fourth-order valence-corrected chi connectivity index (χ4v) is 2.95. The lowest BCUT2D eigenvalue weighted by atomic mass is 10.1. The van der Waals surface area contributed by atoms with Gasteiger partial charge in [-0.25, -0.2) is 0 Å². The molecule has 1 aliphatic carbocycles. The van der Waals surface area contributed by atoms with Gasteiger partial charge >= 0.3 is 0 Å². The number of ether oxygens (including phenoxy) is 1. The minimum atomic E-state index is 0.492. The highest BCUT2D eigenvalue weighted by atomic mass is 32.2. The van der Waals surface area contributed by atoms with E-state index < -0.39 is 0 Å². The van der Waals surface area contributed by atoms with Crippen LogP contribution in [0.5, 0.6) is 5.75 Å².